The first-order valence-corrected chi connectivity index (χ1v) is 12.1. The van der Waals surface area contributed by atoms with Crippen molar-refractivity contribution in [1.82, 2.24) is 0 Å². The first-order chi connectivity index (χ1) is 17.2. The lowest BCUT2D eigenvalue weighted by molar-refractivity contribution is -0.189. The van der Waals surface area contributed by atoms with Crippen LogP contribution in [0.25, 0.3) is 0 Å². The highest BCUT2D eigenvalue weighted by Gasteiger charge is 2.49. The molecule has 1 aliphatic heterocycles. The van der Waals surface area contributed by atoms with Gasteiger partial charge in [0.1, 0.15) is 24.4 Å². The standard InChI is InChI=1S/C29H34O6/c1-2-32-29-26(30)28(34-20-24-16-10-5-11-17-24)27(35-29)25(33-19-23-14-8-4-9-15-23)21-31-18-22-12-6-3-7-13-22/h3-17,25-30H,2,18-21H2,1H3/t25-,26-,27-,28-,29-/m1/s1. The summed E-state index contributed by atoms with van der Waals surface area (Å²) in [5.41, 5.74) is 3.13. The zero-order chi connectivity index (χ0) is 24.3. The maximum absolute atomic E-state index is 11.0. The van der Waals surface area contributed by atoms with E-state index in [0.29, 0.717) is 26.4 Å². The van der Waals surface area contributed by atoms with Crippen LogP contribution < -0.4 is 0 Å². The van der Waals surface area contributed by atoms with Gasteiger partial charge in [-0.1, -0.05) is 91.0 Å². The number of rotatable bonds is 13. The molecule has 3 aromatic rings. The van der Waals surface area contributed by atoms with Gasteiger partial charge in [0, 0.05) is 6.61 Å². The van der Waals surface area contributed by atoms with E-state index in [9.17, 15) is 5.11 Å². The van der Waals surface area contributed by atoms with E-state index in [2.05, 4.69) is 0 Å². The third-order valence-electron chi connectivity index (χ3n) is 5.91. The van der Waals surface area contributed by atoms with Crippen molar-refractivity contribution in [2.45, 2.75) is 57.5 Å². The molecular weight excluding hydrogens is 444 g/mol. The molecule has 3 aromatic carbocycles. The van der Waals surface area contributed by atoms with Crippen LogP contribution in [-0.2, 0) is 43.5 Å². The van der Waals surface area contributed by atoms with Gasteiger partial charge in [0.25, 0.3) is 0 Å². The maximum atomic E-state index is 11.0. The quantitative estimate of drug-likeness (QED) is 0.390. The van der Waals surface area contributed by atoms with Crippen molar-refractivity contribution in [3.05, 3.63) is 108 Å². The normalized spacial score (nSPS) is 22.8. The average Bonchev–Trinajstić information content (AvgIpc) is 3.21. The van der Waals surface area contributed by atoms with Gasteiger partial charge in [0.05, 0.1) is 26.4 Å². The van der Waals surface area contributed by atoms with Gasteiger partial charge in [-0.15, -0.1) is 0 Å². The fourth-order valence-corrected chi connectivity index (χ4v) is 4.11. The van der Waals surface area contributed by atoms with Crippen LogP contribution in [0.3, 0.4) is 0 Å². The van der Waals surface area contributed by atoms with Crippen molar-refractivity contribution in [3.8, 4) is 0 Å². The Balaban J connectivity index is 1.48. The predicted octanol–water partition coefficient (Wildman–Crippen LogP) is 4.50. The molecule has 6 nitrogen and oxygen atoms in total. The molecule has 0 aliphatic carbocycles. The van der Waals surface area contributed by atoms with Crippen molar-refractivity contribution in [1.29, 1.82) is 0 Å². The van der Waals surface area contributed by atoms with Gasteiger partial charge < -0.3 is 28.8 Å². The number of aliphatic hydroxyl groups is 1. The molecule has 0 unspecified atom stereocenters. The monoisotopic (exact) mass is 478 g/mol. The number of hydrogen-bond donors (Lipinski definition) is 1. The minimum absolute atomic E-state index is 0.281. The third kappa shape index (κ3) is 7.45. The van der Waals surface area contributed by atoms with Crippen LogP contribution in [0.4, 0.5) is 0 Å². The van der Waals surface area contributed by atoms with Gasteiger partial charge in [-0.05, 0) is 23.6 Å². The smallest absolute Gasteiger partial charge is 0.186 e. The van der Waals surface area contributed by atoms with Gasteiger partial charge in [-0.25, -0.2) is 0 Å². The van der Waals surface area contributed by atoms with Crippen molar-refractivity contribution in [2.24, 2.45) is 0 Å². The molecule has 0 aromatic heterocycles. The molecule has 5 atom stereocenters. The summed E-state index contributed by atoms with van der Waals surface area (Å²) in [7, 11) is 0. The number of ether oxygens (including phenoxy) is 5. The molecule has 1 N–H and O–H groups in total. The van der Waals surface area contributed by atoms with E-state index in [1.54, 1.807) is 0 Å². The Bertz CT molecular complexity index is 968. The zero-order valence-electron chi connectivity index (χ0n) is 20.1. The van der Waals surface area contributed by atoms with Crippen LogP contribution in [-0.4, -0.2) is 49.0 Å². The Kier molecular flexibility index (Phi) is 9.84. The zero-order valence-corrected chi connectivity index (χ0v) is 20.1. The lowest BCUT2D eigenvalue weighted by Crippen LogP contribution is -2.44. The highest BCUT2D eigenvalue weighted by molar-refractivity contribution is 5.15. The SMILES string of the molecule is CCO[C@@H]1O[C@H]([C@@H](COCc2ccccc2)OCc2ccccc2)[C@H](OCc2ccccc2)[C@H]1O. The molecule has 0 bridgehead atoms. The highest BCUT2D eigenvalue weighted by atomic mass is 16.7. The summed E-state index contributed by atoms with van der Waals surface area (Å²) in [5, 5.41) is 11.0. The van der Waals surface area contributed by atoms with Gasteiger partial charge in [-0.2, -0.15) is 0 Å². The number of benzene rings is 3. The third-order valence-corrected chi connectivity index (χ3v) is 5.91. The van der Waals surface area contributed by atoms with Gasteiger partial charge >= 0.3 is 0 Å². The lowest BCUT2D eigenvalue weighted by Gasteiger charge is -2.28. The summed E-state index contributed by atoms with van der Waals surface area (Å²) in [6, 6.07) is 29.8. The minimum atomic E-state index is -0.944. The molecule has 0 saturated carbocycles. The van der Waals surface area contributed by atoms with Crippen LogP contribution in [0.5, 0.6) is 0 Å². The van der Waals surface area contributed by atoms with Crippen molar-refractivity contribution in [2.75, 3.05) is 13.2 Å². The Hall–Kier alpha value is -2.58. The number of hydrogen-bond acceptors (Lipinski definition) is 6. The van der Waals surface area contributed by atoms with Gasteiger partial charge in [-0.3, -0.25) is 0 Å². The molecule has 0 amide bonds. The molecule has 0 spiro atoms. The van der Waals surface area contributed by atoms with Crippen LogP contribution >= 0.6 is 0 Å². The molecule has 1 fully saturated rings. The molecule has 4 rings (SSSR count). The van der Waals surface area contributed by atoms with E-state index in [4.69, 9.17) is 23.7 Å². The molecule has 6 heteroatoms. The average molecular weight is 479 g/mol. The number of aliphatic hydroxyl groups excluding tert-OH is 1. The molecule has 35 heavy (non-hydrogen) atoms. The van der Waals surface area contributed by atoms with Crippen LogP contribution in [0.15, 0.2) is 91.0 Å². The minimum Gasteiger partial charge on any atom is -0.385 e. The summed E-state index contributed by atoms with van der Waals surface area (Å²) in [6.45, 7) is 3.75. The molecule has 1 heterocycles. The Morgan fingerprint density at radius 2 is 1.29 bits per heavy atom. The van der Waals surface area contributed by atoms with Gasteiger partial charge in [0.15, 0.2) is 6.29 Å². The second-order valence-corrected chi connectivity index (χ2v) is 8.51. The molecular formula is C29H34O6. The van der Waals surface area contributed by atoms with Crippen molar-refractivity contribution >= 4 is 0 Å². The summed E-state index contributed by atoms with van der Waals surface area (Å²) >= 11 is 0. The van der Waals surface area contributed by atoms with E-state index in [1.165, 1.54) is 0 Å². The summed E-state index contributed by atoms with van der Waals surface area (Å²) < 4.78 is 30.4. The summed E-state index contributed by atoms with van der Waals surface area (Å²) in [6.07, 6.45) is -3.40. The summed E-state index contributed by atoms with van der Waals surface area (Å²) in [5.74, 6) is 0. The van der Waals surface area contributed by atoms with Crippen LogP contribution in [0.1, 0.15) is 23.6 Å². The second-order valence-electron chi connectivity index (χ2n) is 8.51. The Labute approximate surface area is 207 Å². The van der Waals surface area contributed by atoms with E-state index in [0.717, 1.165) is 16.7 Å². The van der Waals surface area contributed by atoms with Crippen LogP contribution in [0, 0.1) is 0 Å². The fraction of sp³-hybridized carbons (Fsp3) is 0.379. The van der Waals surface area contributed by atoms with E-state index in [-0.39, 0.29) is 6.61 Å². The topological polar surface area (TPSA) is 66.4 Å². The highest BCUT2D eigenvalue weighted by Crippen LogP contribution is 2.30. The van der Waals surface area contributed by atoms with Gasteiger partial charge in [0.2, 0.25) is 0 Å². The lowest BCUT2D eigenvalue weighted by atomic mass is 10.1. The fourth-order valence-electron chi connectivity index (χ4n) is 4.11. The predicted molar refractivity (Wildman–Crippen MR) is 132 cm³/mol. The van der Waals surface area contributed by atoms with E-state index >= 15 is 0 Å². The van der Waals surface area contributed by atoms with Crippen molar-refractivity contribution < 1.29 is 28.8 Å². The first-order valence-electron chi connectivity index (χ1n) is 12.1. The molecule has 1 saturated heterocycles. The van der Waals surface area contributed by atoms with Crippen LogP contribution in [0.2, 0.25) is 0 Å². The first kappa shape index (κ1) is 25.5. The summed E-state index contributed by atoms with van der Waals surface area (Å²) in [4.78, 5) is 0. The molecule has 0 radical (unpaired) electrons. The molecule has 1 aliphatic rings. The Morgan fingerprint density at radius 3 is 1.86 bits per heavy atom. The Morgan fingerprint density at radius 1 is 0.743 bits per heavy atom. The second kappa shape index (κ2) is 13.5. The maximum Gasteiger partial charge on any atom is 0.186 e. The largest absolute Gasteiger partial charge is 0.385 e. The van der Waals surface area contributed by atoms with E-state index < -0.39 is 30.7 Å². The molecule has 186 valence electrons. The van der Waals surface area contributed by atoms with Crippen molar-refractivity contribution in [3.63, 3.8) is 0 Å². The van der Waals surface area contributed by atoms with E-state index in [1.807, 2.05) is 97.9 Å².